The average molecular weight is 373 g/mol. The lowest BCUT2D eigenvalue weighted by Crippen LogP contribution is -2.37. The summed E-state index contributed by atoms with van der Waals surface area (Å²) in [5.74, 6) is -2.89. The summed E-state index contributed by atoms with van der Waals surface area (Å²) >= 11 is 11.7. The van der Waals surface area contributed by atoms with Crippen LogP contribution in [0.2, 0.25) is 10.0 Å². The van der Waals surface area contributed by atoms with Gasteiger partial charge in [0.2, 0.25) is 11.8 Å². The first kappa shape index (κ1) is 18.2. The van der Waals surface area contributed by atoms with Crippen LogP contribution in [-0.2, 0) is 9.59 Å². The summed E-state index contributed by atoms with van der Waals surface area (Å²) in [5.41, 5.74) is 0.107. The Hall–Kier alpha value is -2.18. The molecule has 0 radical (unpaired) electrons. The van der Waals surface area contributed by atoms with Gasteiger partial charge in [-0.15, -0.1) is 0 Å². The molecule has 0 saturated carbocycles. The fourth-order valence-electron chi connectivity index (χ4n) is 1.99. The molecule has 0 aromatic heterocycles. The molecule has 2 aromatic rings. The molecule has 8 heteroatoms. The van der Waals surface area contributed by atoms with Crippen LogP contribution in [0.1, 0.15) is 6.92 Å². The lowest BCUT2D eigenvalue weighted by Gasteiger charge is -2.21. The van der Waals surface area contributed by atoms with Crippen molar-refractivity contribution < 1.29 is 18.4 Å². The van der Waals surface area contributed by atoms with E-state index in [0.29, 0.717) is 16.8 Å². The molecule has 2 amide bonds. The summed E-state index contributed by atoms with van der Waals surface area (Å²) in [6.07, 6.45) is 0. The predicted octanol–water partition coefficient (Wildman–Crippen LogP) is 4.26. The standard InChI is InChI=1S/C16H12Cl2F2N2O2/c1-9(23)22(15-5-3-11(19)7-13(15)20)8-16(24)21-14-4-2-10(17)6-12(14)18/h2-7H,8H2,1H3,(H,21,24). The Morgan fingerprint density at radius 2 is 1.83 bits per heavy atom. The van der Waals surface area contributed by atoms with Gasteiger partial charge in [0.1, 0.15) is 18.2 Å². The van der Waals surface area contributed by atoms with E-state index in [1.54, 1.807) is 0 Å². The Morgan fingerprint density at radius 1 is 1.12 bits per heavy atom. The van der Waals surface area contributed by atoms with Crippen LogP contribution in [0, 0.1) is 11.6 Å². The number of amides is 2. The molecule has 2 rings (SSSR count). The molecule has 0 aliphatic heterocycles. The summed E-state index contributed by atoms with van der Waals surface area (Å²) in [7, 11) is 0. The van der Waals surface area contributed by atoms with Crippen LogP contribution in [0.25, 0.3) is 0 Å². The SMILES string of the molecule is CC(=O)N(CC(=O)Nc1ccc(Cl)cc1Cl)c1ccc(F)cc1F. The van der Waals surface area contributed by atoms with Crippen LogP contribution in [0.3, 0.4) is 0 Å². The molecule has 0 unspecified atom stereocenters. The number of nitrogens with one attached hydrogen (secondary N) is 1. The van der Waals surface area contributed by atoms with Crippen molar-refractivity contribution in [3.63, 3.8) is 0 Å². The van der Waals surface area contributed by atoms with E-state index >= 15 is 0 Å². The van der Waals surface area contributed by atoms with E-state index in [4.69, 9.17) is 23.2 Å². The van der Waals surface area contributed by atoms with Crippen LogP contribution in [0.4, 0.5) is 20.2 Å². The first-order valence-electron chi connectivity index (χ1n) is 6.76. The van der Waals surface area contributed by atoms with Crippen molar-refractivity contribution >= 4 is 46.4 Å². The van der Waals surface area contributed by atoms with Gasteiger partial charge in [0.25, 0.3) is 0 Å². The Morgan fingerprint density at radius 3 is 2.42 bits per heavy atom. The molecule has 2 aromatic carbocycles. The average Bonchev–Trinajstić information content (AvgIpc) is 2.48. The number of hydrogen-bond donors (Lipinski definition) is 1. The van der Waals surface area contributed by atoms with Crippen molar-refractivity contribution in [2.24, 2.45) is 0 Å². The molecule has 0 heterocycles. The molecule has 1 N–H and O–H groups in total. The minimum atomic E-state index is -0.942. The van der Waals surface area contributed by atoms with Crippen LogP contribution >= 0.6 is 23.2 Å². The van der Waals surface area contributed by atoms with Gasteiger partial charge in [0.15, 0.2) is 0 Å². The number of rotatable bonds is 4. The number of anilines is 2. The normalized spacial score (nSPS) is 10.4. The highest BCUT2D eigenvalue weighted by atomic mass is 35.5. The van der Waals surface area contributed by atoms with Gasteiger partial charge in [-0.3, -0.25) is 9.59 Å². The first-order valence-corrected chi connectivity index (χ1v) is 7.51. The minimum Gasteiger partial charge on any atom is -0.323 e. The zero-order valence-electron chi connectivity index (χ0n) is 12.4. The van der Waals surface area contributed by atoms with E-state index in [9.17, 15) is 18.4 Å². The van der Waals surface area contributed by atoms with Gasteiger partial charge >= 0.3 is 0 Å². The lowest BCUT2D eigenvalue weighted by atomic mass is 10.2. The summed E-state index contributed by atoms with van der Waals surface area (Å²) in [6, 6.07) is 7.21. The molecule has 0 fully saturated rings. The number of benzene rings is 2. The number of carbonyl (C=O) groups is 2. The van der Waals surface area contributed by atoms with Gasteiger partial charge < -0.3 is 10.2 Å². The molecular weight excluding hydrogens is 361 g/mol. The molecule has 4 nitrogen and oxygen atoms in total. The highest BCUT2D eigenvalue weighted by Crippen LogP contribution is 2.26. The molecule has 0 spiro atoms. The van der Waals surface area contributed by atoms with E-state index < -0.39 is 30.0 Å². The maximum atomic E-state index is 13.8. The number of nitrogens with zero attached hydrogens (tertiary/aromatic N) is 1. The number of hydrogen-bond acceptors (Lipinski definition) is 2. The topological polar surface area (TPSA) is 49.4 Å². The Balaban J connectivity index is 2.18. The van der Waals surface area contributed by atoms with Crippen molar-refractivity contribution in [1.29, 1.82) is 0 Å². The van der Waals surface area contributed by atoms with Gasteiger partial charge in [-0.25, -0.2) is 8.78 Å². The van der Waals surface area contributed by atoms with Crippen molar-refractivity contribution in [2.45, 2.75) is 6.92 Å². The van der Waals surface area contributed by atoms with Crippen molar-refractivity contribution in [2.75, 3.05) is 16.8 Å². The van der Waals surface area contributed by atoms with Gasteiger partial charge in [-0.05, 0) is 30.3 Å². The molecule has 0 aliphatic rings. The van der Waals surface area contributed by atoms with Crippen molar-refractivity contribution in [3.8, 4) is 0 Å². The van der Waals surface area contributed by atoms with Crippen molar-refractivity contribution in [3.05, 3.63) is 58.1 Å². The third-order valence-corrected chi connectivity index (χ3v) is 3.64. The molecule has 0 saturated heterocycles. The van der Waals surface area contributed by atoms with Crippen LogP contribution < -0.4 is 10.2 Å². The zero-order chi connectivity index (χ0) is 17.9. The van der Waals surface area contributed by atoms with E-state index in [1.807, 2.05) is 0 Å². The maximum Gasteiger partial charge on any atom is 0.244 e. The monoisotopic (exact) mass is 372 g/mol. The fourth-order valence-corrected chi connectivity index (χ4v) is 2.45. The zero-order valence-corrected chi connectivity index (χ0v) is 14.0. The summed E-state index contributed by atoms with van der Waals surface area (Å²) in [4.78, 5) is 24.7. The second kappa shape index (κ2) is 7.59. The number of halogens is 4. The smallest absolute Gasteiger partial charge is 0.244 e. The fraction of sp³-hybridized carbons (Fsp3) is 0.125. The predicted molar refractivity (Wildman–Crippen MR) is 89.5 cm³/mol. The van der Waals surface area contributed by atoms with E-state index in [0.717, 1.165) is 17.0 Å². The van der Waals surface area contributed by atoms with E-state index in [-0.39, 0.29) is 10.7 Å². The van der Waals surface area contributed by atoms with Gasteiger partial charge in [-0.1, -0.05) is 23.2 Å². The molecule has 0 aliphatic carbocycles. The second-order valence-corrected chi connectivity index (χ2v) is 5.72. The van der Waals surface area contributed by atoms with E-state index in [1.165, 1.54) is 25.1 Å². The van der Waals surface area contributed by atoms with Gasteiger partial charge in [-0.2, -0.15) is 0 Å². The summed E-state index contributed by atoms with van der Waals surface area (Å²) in [6.45, 7) is 0.711. The van der Waals surface area contributed by atoms with Gasteiger partial charge in [0.05, 0.1) is 16.4 Å². The Labute approximate surface area is 147 Å². The number of carbonyl (C=O) groups excluding carboxylic acids is 2. The van der Waals surface area contributed by atoms with Crippen LogP contribution in [0.15, 0.2) is 36.4 Å². The third kappa shape index (κ3) is 4.43. The van der Waals surface area contributed by atoms with Crippen molar-refractivity contribution in [1.82, 2.24) is 0 Å². The van der Waals surface area contributed by atoms with Gasteiger partial charge in [0, 0.05) is 18.0 Å². The highest BCUT2D eigenvalue weighted by Gasteiger charge is 2.20. The molecular formula is C16H12Cl2F2N2O2. The highest BCUT2D eigenvalue weighted by molar-refractivity contribution is 6.36. The maximum absolute atomic E-state index is 13.8. The van der Waals surface area contributed by atoms with E-state index in [2.05, 4.69) is 5.32 Å². The molecule has 0 atom stereocenters. The molecule has 126 valence electrons. The largest absolute Gasteiger partial charge is 0.323 e. The quantitative estimate of drug-likeness (QED) is 0.871. The second-order valence-electron chi connectivity index (χ2n) is 4.87. The minimum absolute atomic E-state index is 0.193. The third-order valence-electron chi connectivity index (χ3n) is 3.09. The summed E-state index contributed by atoms with van der Waals surface area (Å²) < 4.78 is 26.8. The van der Waals surface area contributed by atoms with Crippen LogP contribution in [0.5, 0.6) is 0 Å². The Bertz CT molecular complexity index is 800. The first-order chi connectivity index (χ1) is 11.3. The molecule has 0 bridgehead atoms. The lowest BCUT2D eigenvalue weighted by molar-refractivity contribution is -0.120. The van der Waals surface area contributed by atoms with Crippen LogP contribution in [-0.4, -0.2) is 18.4 Å². The Kier molecular flexibility index (Phi) is 5.75. The summed E-state index contributed by atoms with van der Waals surface area (Å²) in [5, 5.41) is 3.12. The molecule has 24 heavy (non-hydrogen) atoms.